The maximum Gasteiger partial charge on any atom is 0.155 e. The molecular weight excluding hydrogens is 123 g/mol. The van der Waals surface area contributed by atoms with Crippen molar-refractivity contribution in [2.45, 2.75) is 25.8 Å². The Morgan fingerprint density at radius 1 is 1.50 bits per heavy atom. The normalized spacial score (nSPS) is 18.8. The molecule has 0 spiro atoms. The van der Waals surface area contributed by atoms with E-state index < -0.39 is 5.00 Å². The van der Waals surface area contributed by atoms with Crippen LogP contribution in [0.4, 0.5) is 4.39 Å². The quantitative estimate of drug-likeness (QED) is 0.562. The summed E-state index contributed by atoms with van der Waals surface area (Å²) in [6.07, 6.45) is 1.79. The molecule has 0 aliphatic rings. The average molecular weight is 136 g/mol. The minimum absolute atomic E-state index is 0.109. The molecule has 0 saturated heterocycles. The van der Waals surface area contributed by atoms with Gasteiger partial charge in [-0.05, 0) is 19.1 Å². The molecule has 50 valence electrons. The molecule has 0 fully saturated rings. The highest BCUT2D eigenvalue weighted by Crippen LogP contribution is 2.31. The fourth-order valence-corrected chi connectivity index (χ4v) is 0.707. The van der Waals surface area contributed by atoms with Gasteiger partial charge in [-0.25, -0.2) is 4.39 Å². The van der Waals surface area contributed by atoms with Crippen molar-refractivity contribution in [2.75, 3.05) is 6.26 Å². The third kappa shape index (κ3) is 2.03. The van der Waals surface area contributed by atoms with E-state index in [0.717, 1.165) is 0 Å². The van der Waals surface area contributed by atoms with E-state index in [1.54, 1.807) is 13.2 Å². The van der Waals surface area contributed by atoms with Gasteiger partial charge in [-0.15, -0.1) is 11.8 Å². The number of halogens is 1. The Hall–Kier alpha value is 0.280. The van der Waals surface area contributed by atoms with Gasteiger partial charge < -0.3 is 0 Å². The van der Waals surface area contributed by atoms with Crippen LogP contribution in [0.2, 0.25) is 0 Å². The molecule has 0 saturated carbocycles. The van der Waals surface area contributed by atoms with Crippen molar-refractivity contribution >= 4 is 11.8 Å². The van der Waals surface area contributed by atoms with Crippen molar-refractivity contribution in [1.29, 1.82) is 0 Å². The summed E-state index contributed by atoms with van der Waals surface area (Å²) >= 11 is 1.27. The molecular formula is C6H13FS. The van der Waals surface area contributed by atoms with Crippen LogP contribution in [0.3, 0.4) is 0 Å². The number of rotatable bonds is 2. The van der Waals surface area contributed by atoms with E-state index >= 15 is 0 Å². The van der Waals surface area contributed by atoms with Crippen molar-refractivity contribution in [3.8, 4) is 0 Å². The van der Waals surface area contributed by atoms with Crippen LogP contribution < -0.4 is 0 Å². The number of thioether (sulfide) groups is 1. The monoisotopic (exact) mass is 136 g/mol. The second-order valence-electron chi connectivity index (χ2n) is 2.34. The lowest BCUT2D eigenvalue weighted by atomic mass is 10.1. The minimum Gasteiger partial charge on any atom is -0.232 e. The molecule has 0 heterocycles. The molecule has 0 bridgehead atoms. The average Bonchev–Trinajstić information content (AvgIpc) is 1.67. The summed E-state index contributed by atoms with van der Waals surface area (Å²) in [7, 11) is 0. The van der Waals surface area contributed by atoms with Crippen LogP contribution in [0.5, 0.6) is 0 Å². The molecule has 0 aliphatic heterocycles. The van der Waals surface area contributed by atoms with E-state index in [1.165, 1.54) is 11.8 Å². The van der Waals surface area contributed by atoms with Crippen LogP contribution in [0.15, 0.2) is 0 Å². The van der Waals surface area contributed by atoms with Crippen molar-refractivity contribution < 1.29 is 4.39 Å². The van der Waals surface area contributed by atoms with E-state index in [2.05, 4.69) is 0 Å². The van der Waals surface area contributed by atoms with Gasteiger partial charge in [0.15, 0.2) is 5.00 Å². The molecule has 0 amide bonds. The number of alkyl halides is 1. The first kappa shape index (κ1) is 8.28. The second kappa shape index (κ2) is 2.72. The molecule has 0 rings (SSSR count). The first-order valence-electron chi connectivity index (χ1n) is 2.74. The molecule has 0 aliphatic carbocycles. The van der Waals surface area contributed by atoms with Gasteiger partial charge in [-0.1, -0.05) is 13.8 Å². The lowest BCUT2D eigenvalue weighted by molar-refractivity contribution is 0.238. The molecule has 0 aromatic carbocycles. The van der Waals surface area contributed by atoms with E-state index in [9.17, 15) is 4.39 Å². The Labute approximate surface area is 54.9 Å². The zero-order chi connectivity index (χ0) is 6.78. The first-order chi connectivity index (χ1) is 3.50. The van der Waals surface area contributed by atoms with Gasteiger partial charge in [-0.2, -0.15) is 0 Å². The molecule has 1 atom stereocenters. The van der Waals surface area contributed by atoms with E-state index in [1.807, 2.05) is 13.8 Å². The maximum absolute atomic E-state index is 12.9. The highest BCUT2D eigenvalue weighted by atomic mass is 32.2. The van der Waals surface area contributed by atoms with Crippen molar-refractivity contribution in [2.24, 2.45) is 5.92 Å². The predicted molar refractivity (Wildman–Crippen MR) is 37.9 cm³/mol. The summed E-state index contributed by atoms with van der Waals surface area (Å²) in [4.78, 5) is 0. The maximum atomic E-state index is 12.9. The summed E-state index contributed by atoms with van der Waals surface area (Å²) in [5.41, 5.74) is 0. The highest BCUT2D eigenvalue weighted by Gasteiger charge is 2.25. The van der Waals surface area contributed by atoms with E-state index in [4.69, 9.17) is 0 Å². The summed E-state index contributed by atoms with van der Waals surface area (Å²) in [5, 5.41) is -1.04. The third-order valence-corrected chi connectivity index (χ3v) is 2.70. The van der Waals surface area contributed by atoms with Gasteiger partial charge in [0, 0.05) is 0 Å². The molecule has 0 N–H and O–H groups in total. The lowest BCUT2D eigenvalue weighted by Crippen LogP contribution is -2.19. The van der Waals surface area contributed by atoms with Crippen LogP contribution in [-0.2, 0) is 0 Å². The van der Waals surface area contributed by atoms with Crippen LogP contribution in [0.1, 0.15) is 20.8 Å². The Morgan fingerprint density at radius 2 is 1.88 bits per heavy atom. The first-order valence-corrected chi connectivity index (χ1v) is 3.97. The Bertz CT molecular complexity index is 68.9. The molecule has 0 nitrogen and oxygen atoms in total. The van der Waals surface area contributed by atoms with Gasteiger partial charge in [0.05, 0.1) is 0 Å². The molecule has 1 unspecified atom stereocenters. The van der Waals surface area contributed by atoms with Crippen LogP contribution >= 0.6 is 11.8 Å². The van der Waals surface area contributed by atoms with Gasteiger partial charge >= 0.3 is 0 Å². The molecule has 0 aromatic rings. The predicted octanol–water partition coefficient (Wildman–Crippen LogP) is 2.69. The molecule has 8 heavy (non-hydrogen) atoms. The van der Waals surface area contributed by atoms with Gasteiger partial charge in [0.2, 0.25) is 0 Å². The van der Waals surface area contributed by atoms with Crippen molar-refractivity contribution in [1.82, 2.24) is 0 Å². The second-order valence-corrected chi connectivity index (χ2v) is 3.55. The number of hydrogen-bond acceptors (Lipinski definition) is 1. The fraction of sp³-hybridized carbons (Fsp3) is 1.00. The topological polar surface area (TPSA) is 0 Å². The van der Waals surface area contributed by atoms with Gasteiger partial charge in [0.25, 0.3) is 0 Å². The third-order valence-electron chi connectivity index (χ3n) is 1.43. The largest absolute Gasteiger partial charge is 0.232 e. The number of hydrogen-bond donors (Lipinski definition) is 0. The standard InChI is InChI=1S/C6H13FS/c1-5(2)6(3,7)8-4/h5H,1-4H3. The SMILES string of the molecule is CSC(C)(F)C(C)C. The van der Waals surface area contributed by atoms with Gasteiger partial charge in [-0.3, -0.25) is 0 Å². The smallest absolute Gasteiger partial charge is 0.155 e. The summed E-state index contributed by atoms with van der Waals surface area (Å²) in [5.74, 6) is 0.109. The summed E-state index contributed by atoms with van der Waals surface area (Å²) < 4.78 is 12.9. The lowest BCUT2D eigenvalue weighted by Gasteiger charge is -2.21. The summed E-state index contributed by atoms with van der Waals surface area (Å²) in [6.45, 7) is 5.38. The zero-order valence-electron chi connectivity index (χ0n) is 5.86. The van der Waals surface area contributed by atoms with Crippen LogP contribution in [-0.4, -0.2) is 11.3 Å². The molecule has 0 radical (unpaired) electrons. The fourth-order valence-electron chi connectivity index (χ4n) is 0.236. The van der Waals surface area contributed by atoms with Crippen molar-refractivity contribution in [3.05, 3.63) is 0 Å². The van der Waals surface area contributed by atoms with Crippen LogP contribution in [0, 0.1) is 5.92 Å². The Balaban J connectivity index is 3.71. The zero-order valence-corrected chi connectivity index (χ0v) is 6.68. The van der Waals surface area contributed by atoms with E-state index in [-0.39, 0.29) is 5.92 Å². The highest BCUT2D eigenvalue weighted by molar-refractivity contribution is 7.99. The van der Waals surface area contributed by atoms with E-state index in [0.29, 0.717) is 0 Å². The Morgan fingerprint density at radius 3 is 1.88 bits per heavy atom. The Kier molecular flexibility index (Phi) is 2.81. The summed E-state index contributed by atoms with van der Waals surface area (Å²) in [6, 6.07) is 0. The molecule has 0 aromatic heterocycles. The molecule has 2 heteroatoms. The van der Waals surface area contributed by atoms with Crippen LogP contribution in [0.25, 0.3) is 0 Å². The van der Waals surface area contributed by atoms with Gasteiger partial charge in [0.1, 0.15) is 0 Å². The van der Waals surface area contributed by atoms with Crippen molar-refractivity contribution in [3.63, 3.8) is 0 Å². The minimum atomic E-state index is -1.04.